The highest BCUT2D eigenvalue weighted by molar-refractivity contribution is 6.67. The maximum Gasteiger partial charge on any atom is 0.321 e. The van der Waals surface area contributed by atoms with E-state index in [0.717, 1.165) is 13.8 Å². The maximum absolute atomic E-state index is 12.3. The smallest absolute Gasteiger partial charge is 0.321 e. The zero-order valence-corrected chi connectivity index (χ0v) is 22.1. The monoisotopic (exact) mass is 569 g/mol. The average molecular weight is 571 g/mol. The maximum atomic E-state index is 12.3. The van der Waals surface area contributed by atoms with Gasteiger partial charge in [-0.15, -0.1) is 11.6 Å². The molecule has 1 saturated heterocycles. The first-order chi connectivity index (χ1) is 15.5. The quantitative estimate of drug-likeness (QED) is 0.144. The van der Waals surface area contributed by atoms with Gasteiger partial charge in [-0.25, -0.2) is 5.32 Å². The molecular formula is C19H27Cl4NO10. The van der Waals surface area contributed by atoms with Crippen molar-refractivity contribution in [1.82, 2.24) is 5.32 Å². The van der Waals surface area contributed by atoms with E-state index in [0.29, 0.717) is 0 Å². The Morgan fingerprint density at radius 1 is 0.912 bits per heavy atom. The van der Waals surface area contributed by atoms with E-state index in [4.69, 9.17) is 74.8 Å². The summed E-state index contributed by atoms with van der Waals surface area (Å²) < 4.78 is 30.6. The zero-order valence-electron chi connectivity index (χ0n) is 19.1. The third kappa shape index (κ3) is 10.7. The molecule has 1 N–H and O–H groups in total. The van der Waals surface area contributed by atoms with Gasteiger partial charge >= 0.3 is 23.9 Å². The molecule has 0 aromatic rings. The van der Waals surface area contributed by atoms with Crippen LogP contribution in [0.1, 0.15) is 34.6 Å². The number of ether oxygens (including phenoxy) is 6. The summed E-state index contributed by atoms with van der Waals surface area (Å²) in [7, 11) is 0. The van der Waals surface area contributed by atoms with Gasteiger partial charge in [0.05, 0.1) is 5.41 Å². The third-order valence-corrected chi connectivity index (χ3v) is 4.70. The first kappa shape index (κ1) is 31.0. The summed E-state index contributed by atoms with van der Waals surface area (Å²) in [6.45, 7) is 6.27. The zero-order chi connectivity index (χ0) is 26.3. The molecule has 5 atom stereocenters. The van der Waals surface area contributed by atoms with Gasteiger partial charge in [0.2, 0.25) is 10.2 Å². The minimum atomic E-state index is -1.89. The fourth-order valence-electron chi connectivity index (χ4n) is 2.69. The predicted octanol–water partition coefficient (Wildman–Crippen LogP) is 2.21. The molecule has 196 valence electrons. The van der Waals surface area contributed by atoms with Crippen LogP contribution >= 0.6 is 46.4 Å². The van der Waals surface area contributed by atoms with Gasteiger partial charge < -0.3 is 28.4 Å². The average Bonchev–Trinajstić information content (AvgIpc) is 2.67. The number of rotatable bonds is 9. The van der Waals surface area contributed by atoms with E-state index in [2.05, 4.69) is 5.32 Å². The fourth-order valence-corrected chi connectivity index (χ4v) is 2.92. The standard InChI is InChI=1S/C19H27Cl4NO10/c1-9(25)31-13-11(7-29-17(28)18(3,4)5)33-16(30-8-24-19(21,22)23)15(32-10(2)26)14(13)34-12(27)6-20/h11,13-16,24H,6-8H2,1-5H3/t11-,13+,14+,15-,16+/m1/s1. The number of carbonyl (C=O) groups excluding carboxylic acids is 4. The number of carbonyl (C=O) groups is 4. The van der Waals surface area contributed by atoms with Crippen molar-refractivity contribution in [3.63, 3.8) is 0 Å². The summed E-state index contributed by atoms with van der Waals surface area (Å²) in [5.41, 5.74) is -0.847. The molecule has 0 aromatic carbocycles. The van der Waals surface area contributed by atoms with Crippen molar-refractivity contribution >= 4 is 70.3 Å². The van der Waals surface area contributed by atoms with Gasteiger partial charge in [-0.3, -0.25) is 19.2 Å². The van der Waals surface area contributed by atoms with E-state index in [-0.39, 0.29) is 0 Å². The highest BCUT2D eigenvalue weighted by atomic mass is 35.6. The Hall–Kier alpha value is -1.08. The molecule has 0 bridgehead atoms. The van der Waals surface area contributed by atoms with Gasteiger partial charge in [0, 0.05) is 13.8 Å². The minimum Gasteiger partial charge on any atom is -0.462 e. The topological polar surface area (TPSA) is 136 Å². The molecule has 0 saturated carbocycles. The van der Waals surface area contributed by atoms with Crippen LogP contribution in [0.15, 0.2) is 0 Å². The van der Waals surface area contributed by atoms with Crippen LogP contribution in [0.25, 0.3) is 0 Å². The summed E-state index contributed by atoms with van der Waals surface area (Å²) >= 11 is 22.5. The van der Waals surface area contributed by atoms with Gasteiger partial charge in [0.25, 0.3) is 0 Å². The van der Waals surface area contributed by atoms with E-state index in [1.165, 1.54) is 0 Å². The van der Waals surface area contributed by atoms with Crippen molar-refractivity contribution in [2.24, 2.45) is 5.41 Å². The van der Waals surface area contributed by atoms with Crippen LogP contribution in [-0.2, 0) is 47.6 Å². The summed E-state index contributed by atoms with van der Waals surface area (Å²) in [5, 5.41) is 2.39. The van der Waals surface area contributed by atoms with Gasteiger partial charge in [0.15, 0.2) is 18.3 Å². The number of hydrogen-bond acceptors (Lipinski definition) is 11. The second-order valence-corrected chi connectivity index (χ2v) is 10.7. The first-order valence-electron chi connectivity index (χ1n) is 9.91. The molecule has 1 heterocycles. The predicted molar refractivity (Wildman–Crippen MR) is 120 cm³/mol. The Kier molecular flexibility index (Phi) is 12.1. The minimum absolute atomic E-state index is 0.415. The molecule has 34 heavy (non-hydrogen) atoms. The second-order valence-electron chi connectivity index (χ2n) is 8.11. The molecule has 0 spiro atoms. The van der Waals surface area contributed by atoms with E-state index < -0.39 is 83.1 Å². The number of nitrogens with one attached hydrogen (secondary N) is 1. The van der Waals surface area contributed by atoms with Crippen LogP contribution in [0.3, 0.4) is 0 Å². The van der Waals surface area contributed by atoms with Crippen LogP contribution in [0, 0.1) is 5.41 Å². The lowest BCUT2D eigenvalue weighted by Gasteiger charge is -2.44. The van der Waals surface area contributed by atoms with Crippen LogP contribution in [0.4, 0.5) is 0 Å². The summed E-state index contributed by atoms with van der Waals surface area (Å²) in [6.07, 6.45) is -6.86. The Morgan fingerprint density at radius 3 is 1.94 bits per heavy atom. The lowest BCUT2D eigenvalue weighted by molar-refractivity contribution is -0.309. The first-order valence-corrected chi connectivity index (χ1v) is 11.6. The fraction of sp³-hybridized carbons (Fsp3) is 0.789. The SMILES string of the molecule is CC(=O)O[C@@H]1[C@H](OC(=O)CCl)[C@@H](OC(C)=O)[C@@H](OCNC(Cl)(Cl)Cl)O[C@@H]1COC(=O)C(C)(C)C. The molecule has 0 aromatic heterocycles. The molecule has 15 heteroatoms. The summed E-state index contributed by atoms with van der Waals surface area (Å²) in [5.74, 6) is -3.61. The largest absolute Gasteiger partial charge is 0.462 e. The van der Waals surface area contributed by atoms with Gasteiger partial charge in [-0.05, 0) is 20.8 Å². The molecule has 1 aliphatic rings. The van der Waals surface area contributed by atoms with Crippen molar-refractivity contribution in [2.75, 3.05) is 19.2 Å². The van der Waals surface area contributed by atoms with Gasteiger partial charge in [-0.2, -0.15) is 0 Å². The van der Waals surface area contributed by atoms with Crippen LogP contribution in [0.5, 0.6) is 0 Å². The van der Waals surface area contributed by atoms with E-state index in [9.17, 15) is 19.2 Å². The summed E-state index contributed by atoms with van der Waals surface area (Å²) in [4.78, 5) is 47.9. The molecular weight excluding hydrogens is 544 g/mol. The molecule has 1 rings (SSSR count). The molecule has 1 aliphatic heterocycles. The van der Waals surface area contributed by atoms with Crippen molar-refractivity contribution in [2.45, 2.75) is 69.2 Å². The second kappa shape index (κ2) is 13.3. The van der Waals surface area contributed by atoms with Gasteiger partial charge in [-0.1, -0.05) is 34.8 Å². The summed E-state index contributed by atoms with van der Waals surface area (Å²) in [6, 6.07) is 0. The normalized spacial score (nSPS) is 25.3. The Morgan fingerprint density at radius 2 is 1.47 bits per heavy atom. The molecule has 0 unspecified atom stereocenters. The van der Waals surface area contributed by atoms with E-state index >= 15 is 0 Å². The molecule has 1 fully saturated rings. The van der Waals surface area contributed by atoms with Gasteiger partial charge in [0.1, 0.15) is 25.3 Å². The Labute approximate surface area is 216 Å². The Bertz CT molecular complexity index is 740. The van der Waals surface area contributed by atoms with Crippen LogP contribution < -0.4 is 5.32 Å². The highest BCUT2D eigenvalue weighted by Gasteiger charge is 2.53. The lowest BCUT2D eigenvalue weighted by Crippen LogP contribution is -2.63. The number of esters is 4. The number of alkyl halides is 4. The number of halogens is 4. The van der Waals surface area contributed by atoms with Crippen molar-refractivity contribution in [3.8, 4) is 0 Å². The van der Waals surface area contributed by atoms with Crippen molar-refractivity contribution in [3.05, 3.63) is 0 Å². The molecule has 0 aliphatic carbocycles. The van der Waals surface area contributed by atoms with E-state index in [1.807, 2.05) is 0 Å². The Balaban J connectivity index is 3.31. The third-order valence-electron chi connectivity index (χ3n) is 4.08. The molecule has 11 nitrogen and oxygen atoms in total. The van der Waals surface area contributed by atoms with Crippen molar-refractivity contribution < 1.29 is 47.6 Å². The van der Waals surface area contributed by atoms with Crippen molar-refractivity contribution in [1.29, 1.82) is 0 Å². The molecule has 0 radical (unpaired) electrons. The molecule has 0 amide bonds. The lowest BCUT2D eigenvalue weighted by atomic mass is 9.96. The number of hydrogen-bond donors (Lipinski definition) is 1. The van der Waals surface area contributed by atoms with Crippen LogP contribution in [0.2, 0.25) is 0 Å². The van der Waals surface area contributed by atoms with E-state index in [1.54, 1.807) is 20.8 Å². The van der Waals surface area contributed by atoms with Crippen LogP contribution in [-0.4, -0.2) is 77.7 Å². The highest BCUT2D eigenvalue weighted by Crippen LogP contribution is 2.31.